The molecule has 26 heavy (non-hydrogen) atoms. The molecule has 12 heteroatoms. The van der Waals surface area contributed by atoms with Gasteiger partial charge < -0.3 is 42.5 Å². The van der Waals surface area contributed by atoms with Crippen LogP contribution >= 0.6 is 0 Å². The summed E-state index contributed by atoms with van der Waals surface area (Å²) in [5.41, 5.74) is 10.5. The van der Waals surface area contributed by atoms with Crippen molar-refractivity contribution in [2.45, 2.75) is 27.7 Å². The first-order valence-electron chi connectivity index (χ1n) is 7.44. The van der Waals surface area contributed by atoms with Crippen molar-refractivity contribution in [2.24, 2.45) is 11.5 Å². The molecule has 0 heterocycles. The average molecular weight is 386 g/mol. The van der Waals surface area contributed by atoms with Crippen LogP contribution in [0.15, 0.2) is 0 Å². The van der Waals surface area contributed by atoms with E-state index in [0.717, 1.165) is 53.9 Å². The lowest BCUT2D eigenvalue weighted by Crippen LogP contribution is -2.32. The minimum atomic E-state index is -0.833. The Morgan fingerprint density at radius 1 is 0.577 bits per heavy atom. The van der Waals surface area contributed by atoms with E-state index in [2.05, 4.69) is 10.6 Å². The summed E-state index contributed by atoms with van der Waals surface area (Å²) in [6, 6.07) is 0. The minimum Gasteiger partial charge on any atom is -0.481 e. The van der Waals surface area contributed by atoms with Crippen molar-refractivity contribution < 1.29 is 39.6 Å². The predicted molar refractivity (Wildman–Crippen MR) is 97.1 cm³/mol. The van der Waals surface area contributed by atoms with Gasteiger partial charge in [-0.3, -0.25) is 19.2 Å². The summed E-state index contributed by atoms with van der Waals surface area (Å²) >= 11 is 0. The standard InChI is InChI=1S/C6H18N4.4C2H4O2/c7-1-3-9-5-6-10-4-2-8;4*1-2(3)4/h9-10H,1-8H2;4*1H3,(H,3,4). The van der Waals surface area contributed by atoms with Crippen LogP contribution in [0, 0.1) is 0 Å². The SMILES string of the molecule is CC(=O)O.CC(=O)O.CC(=O)O.CC(=O)O.NCCNCCNCCN. The molecule has 0 unspecified atom stereocenters. The maximum atomic E-state index is 9.00. The van der Waals surface area contributed by atoms with Crippen molar-refractivity contribution in [2.75, 3.05) is 39.3 Å². The lowest BCUT2D eigenvalue weighted by atomic mass is 10.5. The van der Waals surface area contributed by atoms with Crippen LogP contribution < -0.4 is 22.1 Å². The number of hydrogen-bond donors (Lipinski definition) is 8. The van der Waals surface area contributed by atoms with Crippen LogP contribution in [-0.2, 0) is 19.2 Å². The van der Waals surface area contributed by atoms with Gasteiger partial charge in [-0.25, -0.2) is 0 Å². The largest absolute Gasteiger partial charge is 0.481 e. The zero-order chi connectivity index (χ0) is 22.0. The fourth-order valence-electron chi connectivity index (χ4n) is 0.631. The van der Waals surface area contributed by atoms with Crippen LogP contribution in [-0.4, -0.2) is 83.6 Å². The second-order valence-corrected chi connectivity index (χ2v) is 4.15. The van der Waals surface area contributed by atoms with E-state index in [-0.39, 0.29) is 0 Å². The third-order valence-electron chi connectivity index (χ3n) is 1.12. The summed E-state index contributed by atoms with van der Waals surface area (Å²) in [4.78, 5) is 36.0. The quantitative estimate of drug-likeness (QED) is 0.233. The van der Waals surface area contributed by atoms with Gasteiger partial charge in [0.2, 0.25) is 0 Å². The topological polar surface area (TPSA) is 225 Å². The normalized spacial score (nSPS) is 7.77. The van der Waals surface area contributed by atoms with Gasteiger partial charge in [0, 0.05) is 67.0 Å². The molecule has 0 amide bonds. The molecule has 0 aromatic heterocycles. The second kappa shape index (κ2) is 34.1. The Labute approximate surface area is 153 Å². The van der Waals surface area contributed by atoms with E-state index in [1.165, 1.54) is 0 Å². The predicted octanol–water partition coefficient (Wildman–Crippen LogP) is -1.55. The molecule has 0 aliphatic rings. The first-order chi connectivity index (χ1) is 11.8. The Balaban J connectivity index is -0.0000000776. The van der Waals surface area contributed by atoms with Gasteiger partial charge in [0.15, 0.2) is 0 Å². The van der Waals surface area contributed by atoms with Gasteiger partial charge in [-0.1, -0.05) is 0 Å². The van der Waals surface area contributed by atoms with Crippen molar-refractivity contribution in [1.29, 1.82) is 0 Å². The molecule has 0 radical (unpaired) electrons. The van der Waals surface area contributed by atoms with Crippen molar-refractivity contribution in [3.63, 3.8) is 0 Å². The second-order valence-electron chi connectivity index (χ2n) is 4.15. The lowest BCUT2D eigenvalue weighted by molar-refractivity contribution is -0.135. The molecule has 0 aromatic rings. The molecule has 0 fully saturated rings. The van der Waals surface area contributed by atoms with Crippen LogP contribution in [0.4, 0.5) is 0 Å². The molecule has 0 bridgehead atoms. The zero-order valence-electron chi connectivity index (χ0n) is 15.8. The highest BCUT2D eigenvalue weighted by atomic mass is 16.4. The number of carboxylic acid groups (broad SMARTS) is 4. The van der Waals surface area contributed by atoms with Crippen molar-refractivity contribution in [3.05, 3.63) is 0 Å². The van der Waals surface area contributed by atoms with Crippen molar-refractivity contribution in [1.82, 2.24) is 10.6 Å². The highest BCUT2D eigenvalue weighted by Crippen LogP contribution is 1.57. The molecular formula is C14H34N4O8. The van der Waals surface area contributed by atoms with E-state index >= 15 is 0 Å². The van der Waals surface area contributed by atoms with Gasteiger partial charge in [-0.2, -0.15) is 0 Å². The first-order valence-corrected chi connectivity index (χ1v) is 7.44. The van der Waals surface area contributed by atoms with Crippen LogP contribution in [0.2, 0.25) is 0 Å². The Kier molecular flexibility index (Phi) is 45.9. The zero-order valence-corrected chi connectivity index (χ0v) is 15.8. The maximum absolute atomic E-state index is 9.00. The Morgan fingerprint density at radius 2 is 0.731 bits per heavy atom. The van der Waals surface area contributed by atoms with E-state index in [1.807, 2.05) is 0 Å². The first kappa shape index (κ1) is 34.9. The minimum absolute atomic E-state index is 0.705. The summed E-state index contributed by atoms with van der Waals surface area (Å²) in [6.45, 7) is 9.47. The lowest BCUT2D eigenvalue weighted by Gasteiger charge is -2.03. The van der Waals surface area contributed by atoms with Crippen LogP contribution in [0.1, 0.15) is 27.7 Å². The Bertz CT molecular complexity index is 269. The van der Waals surface area contributed by atoms with Gasteiger partial charge in [0.1, 0.15) is 0 Å². The van der Waals surface area contributed by atoms with E-state index in [9.17, 15) is 0 Å². The monoisotopic (exact) mass is 386 g/mol. The molecule has 0 atom stereocenters. The number of rotatable bonds is 7. The smallest absolute Gasteiger partial charge is 0.300 e. The van der Waals surface area contributed by atoms with E-state index in [1.54, 1.807) is 0 Å². The number of carboxylic acids is 4. The molecule has 158 valence electrons. The van der Waals surface area contributed by atoms with E-state index in [0.29, 0.717) is 13.1 Å². The molecule has 0 saturated heterocycles. The molecule has 12 nitrogen and oxygen atoms in total. The molecule has 10 N–H and O–H groups in total. The van der Waals surface area contributed by atoms with E-state index < -0.39 is 23.9 Å². The Hall–Kier alpha value is -2.28. The van der Waals surface area contributed by atoms with Crippen LogP contribution in [0.3, 0.4) is 0 Å². The molecule has 0 aliphatic heterocycles. The summed E-state index contributed by atoms with van der Waals surface area (Å²) in [5.74, 6) is -3.33. The molecule has 0 aromatic carbocycles. The van der Waals surface area contributed by atoms with Gasteiger partial charge >= 0.3 is 0 Å². The number of nitrogens with one attached hydrogen (secondary N) is 2. The van der Waals surface area contributed by atoms with Crippen molar-refractivity contribution >= 4 is 23.9 Å². The van der Waals surface area contributed by atoms with Crippen LogP contribution in [0.5, 0.6) is 0 Å². The number of carbonyl (C=O) groups is 4. The van der Waals surface area contributed by atoms with Crippen molar-refractivity contribution in [3.8, 4) is 0 Å². The highest BCUT2D eigenvalue weighted by molar-refractivity contribution is 5.63. The number of hydrogen-bond acceptors (Lipinski definition) is 8. The molecule has 0 rings (SSSR count). The molecule has 0 spiro atoms. The number of aliphatic carboxylic acids is 4. The van der Waals surface area contributed by atoms with Gasteiger partial charge in [0.25, 0.3) is 23.9 Å². The maximum Gasteiger partial charge on any atom is 0.300 e. The number of nitrogens with two attached hydrogens (primary N) is 2. The summed E-state index contributed by atoms with van der Waals surface area (Å²) in [5, 5.41) is 36.0. The van der Waals surface area contributed by atoms with Crippen LogP contribution in [0.25, 0.3) is 0 Å². The molecule has 0 saturated carbocycles. The molecular weight excluding hydrogens is 352 g/mol. The Morgan fingerprint density at radius 3 is 0.846 bits per heavy atom. The third kappa shape index (κ3) is 419. The van der Waals surface area contributed by atoms with Gasteiger partial charge in [-0.15, -0.1) is 0 Å². The third-order valence-corrected chi connectivity index (χ3v) is 1.12. The summed E-state index contributed by atoms with van der Waals surface area (Å²) < 4.78 is 0. The molecule has 0 aliphatic carbocycles. The fourth-order valence-corrected chi connectivity index (χ4v) is 0.631. The van der Waals surface area contributed by atoms with E-state index in [4.69, 9.17) is 51.1 Å². The summed E-state index contributed by atoms with van der Waals surface area (Å²) in [7, 11) is 0. The van der Waals surface area contributed by atoms with Gasteiger partial charge in [-0.05, 0) is 0 Å². The highest BCUT2D eigenvalue weighted by Gasteiger charge is 1.83. The average Bonchev–Trinajstić information content (AvgIpc) is 2.40. The van der Waals surface area contributed by atoms with Gasteiger partial charge in [0.05, 0.1) is 0 Å². The fraction of sp³-hybridized carbons (Fsp3) is 0.714. The summed E-state index contributed by atoms with van der Waals surface area (Å²) in [6.07, 6.45) is 0.